The zero-order valence-electron chi connectivity index (χ0n) is 22.0. The highest BCUT2D eigenvalue weighted by molar-refractivity contribution is 5.85. The molecule has 0 bridgehead atoms. The number of fused-ring (bicyclic) bond motifs is 5. The molecule has 184 valence electrons. The molecule has 0 aromatic carbocycles. The molecule has 0 heterocycles. The number of hydrogen-bond donors (Lipinski definition) is 2. The molecule has 3 nitrogen and oxygen atoms in total. The molecule has 0 radical (unpaired) electrons. The van der Waals surface area contributed by atoms with Crippen LogP contribution in [0.15, 0.2) is 34.9 Å². The number of hydrogen-bond acceptors (Lipinski definition) is 2. The monoisotopic (exact) mass is 454 g/mol. The van der Waals surface area contributed by atoms with Crippen molar-refractivity contribution < 1.29 is 15.0 Å². The van der Waals surface area contributed by atoms with Gasteiger partial charge >= 0.3 is 5.97 Å². The molecule has 0 saturated heterocycles. The van der Waals surface area contributed by atoms with Crippen LogP contribution >= 0.6 is 0 Å². The fourth-order valence-corrected chi connectivity index (χ4v) is 8.80. The molecule has 0 spiro atoms. The highest BCUT2D eigenvalue weighted by atomic mass is 16.4. The lowest BCUT2D eigenvalue weighted by molar-refractivity contribution is -0.132. The first-order valence-electron chi connectivity index (χ1n) is 13.3. The van der Waals surface area contributed by atoms with Crippen LogP contribution in [0.4, 0.5) is 0 Å². The number of allylic oxidation sites excluding steroid dienone is 5. The van der Waals surface area contributed by atoms with Crippen LogP contribution in [0.2, 0.25) is 0 Å². The number of carboxylic acid groups (broad SMARTS) is 1. The fourth-order valence-electron chi connectivity index (χ4n) is 8.80. The van der Waals surface area contributed by atoms with Crippen LogP contribution in [-0.4, -0.2) is 22.3 Å². The largest absolute Gasteiger partial charge is 0.478 e. The van der Waals surface area contributed by atoms with Crippen LogP contribution < -0.4 is 0 Å². The smallest absolute Gasteiger partial charge is 0.330 e. The molecule has 2 saturated carbocycles. The van der Waals surface area contributed by atoms with Gasteiger partial charge in [0.25, 0.3) is 0 Å². The van der Waals surface area contributed by atoms with Crippen molar-refractivity contribution in [1.29, 1.82) is 0 Å². The van der Waals surface area contributed by atoms with Gasteiger partial charge in [0.2, 0.25) is 0 Å². The van der Waals surface area contributed by atoms with Crippen molar-refractivity contribution in [2.24, 2.45) is 39.4 Å². The predicted octanol–water partition coefficient (Wildman–Crippen LogP) is 7.32. The second-order valence-corrected chi connectivity index (χ2v) is 13.2. The first-order valence-corrected chi connectivity index (χ1v) is 13.3. The minimum Gasteiger partial charge on any atom is -0.478 e. The van der Waals surface area contributed by atoms with E-state index in [9.17, 15) is 9.90 Å². The number of aliphatic hydroxyl groups excluding tert-OH is 1. The minimum atomic E-state index is -0.803. The lowest BCUT2D eigenvalue weighted by Gasteiger charge is -2.61. The average Bonchev–Trinajstić information content (AvgIpc) is 3.02. The first-order chi connectivity index (χ1) is 15.3. The van der Waals surface area contributed by atoms with Gasteiger partial charge < -0.3 is 10.2 Å². The first kappa shape index (κ1) is 24.8. The maximum atomic E-state index is 11.1. The molecule has 33 heavy (non-hydrogen) atoms. The van der Waals surface area contributed by atoms with Crippen LogP contribution in [0.1, 0.15) is 99.8 Å². The molecule has 2 N–H and O–H groups in total. The van der Waals surface area contributed by atoms with Crippen LogP contribution in [0.3, 0.4) is 0 Å². The summed E-state index contributed by atoms with van der Waals surface area (Å²) in [5.74, 6) is 0.940. The Morgan fingerprint density at radius 3 is 2.48 bits per heavy atom. The second-order valence-electron chi connectivity index (χ2n) is 13.2. The molecular formula is C30H46O3. The van der Waals surface area contributed by atoms with Gasteiger partial charge in [0.15, 0.2) is 0 Å². The summed E-state index contributed by atoms with van der Waals surface area (Å²) in [6, 6.07) is 0. The van der Waals surface area contributed by atoms with Crippen LogP contribution in [0.5, 0.6) is 0 Å². The highest BCUT2D eigenvalue weighted by Gasteiger charge is 2.62. The fraction of sp³-hybridized carbons (Fsp3) is 0.767. The summed E-state index contributed by atoms with van der Waals surface area (Å²) in [5.41, 5.74) is 4.26. The molecule has 3 heteroatoms. The molecule has 4 aliphatic carbocycles. The van der Waals surface area contributed by atoms with E-state index in [1.165, 1.54) is 12.8 Å². The summed E-state index contributed by atoms with van der Waals surface area (Å²) in [6.45, 7) is 16.2. The van der Waals surface area contributed by atoms with Gasteiger partial charge in [-0.1, -0.05) is 59.8 Å². The van der Waals surface area contributed by atoms with Gasteiger partial charge in [-0.05, 0) is 109 Å². The molecule has 4 rings (SSSR count). The van der Waals surface area contributed by atoms with E-state index in [-0.39, 0.29) is 27.8 Å². The van der Waals surface area contributed by atoms with E-state index in [4.69, 9.17) is 5.11 Å². The Morgan fingerprint density at radius 1 is 1.12 bits per heavy atom. The van der Waals surface area contributed by atoms with Crippen molar-refractivity contribution in [3.05, 3.63) is 34.9 Å². The van der Waals surface area contributed by atoms with Gasteiger partial charge in [-0.3, -0.25) is 0 Å². The van der Waals surface area contributed by atoms with E-state index in [2.05, 4.69) is 53.7 Å². The zero-order valence-corrected chi connectivity index (χ0v) is 22.0. The lowest BCUT2D eigenvalue weighted by atomic mass is 9.44. The van der Waals surface area contributed by atoms with Crippen molar-refractivity contribution in [3.8, 4) is 0 Å². The topological polar surface area (TPSA) is 57.5 Å². The quantitative estimate of drug-likeness (QED) is 0.428. The van der Waals surface area contributed by atoms with Crippen molar-refractivity contribution in [3.63, 3.8) is 0 Å². The third-order valence-corrected chi connectivity index (χ3v) is 11.4. The Balaban J connectivity index is 1.61. The summed E-state index contributed by atoms with van der Waals surface area (Å²) in [5, 5.41) is 19.9. The summed E-state index contributed by atoms with van der Waals surface area (Å²) in [6.07, 6.45) is 15.5. The van der Waals surface area contributed by atoms with Gasteiger partial charge in [0.05, 0.1) is 6.10 Å². The normalized spacial score (nSPS) is 43.0. The van der Waals surface area contributed by atoms with Gasteiger partial charge in [0.1, 0.15) is 0 Å². The van der Waals surface area contributed by atoms with Gasteiger partial charge in [-0.15, -0.1) is 0 Å². The summed E-state index contributed by atoms with van der Waals surface area (Å²) in [4.78, 5) is 11.1. The molecule has 4 aliphatic rings. The van der Waals surface area contributed by atoms with E-state index in [0.717, 1.165) is 38.5 Å². The molecule has 7 atom stereocenters. The second kappa shape index (κ2) is 8.11. The maximum Gasteiger partial charge on any atom is 0.330 e. The van der Waals surface area contributed by atoms with E-state index in [1.54, 1.807) is 18.1 Å². The molecule has 2 fully saturated rings. The van der Waals surface area contributed by atoms with Gasteiger partial charge in [-0.25, -0.2) is 4.79 Å². The number of aliphatic carboxylic acids is 1. The van der Waals surface area contributed by atoms with Crippen molar-refractivity contribution in [1.82, 2.24) is 0 Å². The molecule has 0 aromatic heterocycles. The molecule has 0 aromatic rings. The third kappa shape index (κ3) is 3.51. The Hall–Kier alpha value is -1.35. The molecule has 0 aliphatic heterocycles. The predicted molar refractivity (Wildman–Crippen MR) is 135 cm³/mol. The van der Waals surface area contributed by atoms with E-state index < -0.39 is 5.97 Å². The highest BCUT2D eigenvalue weighted by Crippen LogP contribution is 2.71. The van der Waals surface area contributed by atoms with Crippen LogP contribution in [-0.2, 0) is 4.79 Å². The average molecular weight is 455 g/mol. The Kier molecular flexibility index (Phi) is 6.08. The van der Waals surface area contributed by atoms with Gasteiger partial charge in [-0.2, -0.15) is 0 Å². The Labute approximate surface area is 201 Å². The Bertz CT molecular complexity index is 908. The number of aliphatic hydroxyl groups is 1. The summed E-state index contributed by atoms with van der Waals surface area (Å²) in [7, 11) is 0. The minimum absolute atomic E-state index is 0.0498. The number of rotatable bonds is 5. The molecular weight excluding hydrogens is 408 g/mol. The Morgan fingerprint density at radius 2 is 1.82 bits per heavy atom. The summed E-state index contributed by atoms with van der Waals surface area (Å²) >= 11 is 0. The standard InChI is InChI=1S/C30H46O3/c1-19(9-8-10-20(2)26(32)33)21-13-17-30(7)23-11-12-24-27(3,4)25(31)15-16-28(24,5)22(23)14-18-29(21,30)6/h10-11,14,19,21,24-25,31H,8-9,12-13,15-18H2,1-7H3,(H,32,33)/b20-10+/t19-,21-,24?,25+,28-,29-,30+/m0/s1. The van der Waals surface area contributed by atoms with E-state index in [1.807, 2.05) is 6.08 Å². The maximum absolute atomic E-state index is 11.1. The SMILES string of the molecule is C/C(=C\CC[C@H](C)[C@@H]1CC[C@]2(C)C3=CCC4C(C)(C)[C@H](O)CC[C@@]4(C)C3=CC[C@@]12C)C(=O)O. The summed E-state index contributed by atoms with van der Waals surface area (Å²) < 4.78 is 0. The zero-order chi connectivity index (χ0) is 24.4. The van der Waals surface area contributed by atoms with E-state index >= 15 is 0 Å². The third-order valence-electron chi connectivity index (χ3n) is 11.4. The van der Waals surface area contributed by atoms with Crippen LogP contribution in [0, 0.1) is 39.4 Å². The number of carboxylic acids is 1. The van der Waals surface area contributed by atoms with Crippen molar-refractivity contribution >= 4 is 5.97 Å². The lowest BCUT2D eigenvalue weighted by Crippen LogP contribution is -2.54. The van der Waals surface area contributed by atoms with Crippen LogP contribution in [0.25, 0.3) is 0 Å². The van der Waals surface area contributed by atoms with Crippen molar-refractivity contribution in [2.75, 3.05) is 0 Å². The molecule has 1 unspecified atom stereocenters. The van der Waals surface area contributed by atoms with E-state index in [0.29, 0.717) is 23.3 Å². The molecule has 0 amide bonds. The number of carbonyl (C=O) groups is 1. The van der Waals surface area contributed by atoms with Crippen molar-refractivity contribution in [2.45, 2.75) is 106 Å². The van der Waals surface area contributed by atoms with Gasteiger partial charge in [0, 0.05) is 5.57 Å².